The predicted octanol–water partition coefficient (Wildman–Crippen LogP) is -0.261. The number of carbonyl (C=O) groups is 1. The molecular weight excluding hydrogens is 256 g/mol. The van der Waals surface area contributed by atoms with Crippen molar-refractivity contribution in [1.82, 2.24) is 10.7 Å². The highest BCUT2D eigenvalue weighted by Gasteiger charge is 2.20. The van der Waals surface area contributed by atoms with Gasteiger partial charge in [0.1, 0.15) is 0 Å². The van der Waals surface area contributed by atoms with Crippen LogP contribution in [0.5, 0.6) is 0 Å². The van der Waals surface area contributed by atoms with Crippen molar-refractivity contribution in [3.05, 3.63) is 29.8 Å². The number of nitrogens with two attached hydrogens (primary N) is 1. The van der Waals surface area contributed by atoms with Crippen molar-refractivity contribution in [3.8, 4) is 0 Å². The largest absolute Gasteiger partial charge is 0.335 e. The fourth-order valence-corrected chi connectivity index (χ4v) is 2.15. The van der Waals surface area contributed by atoms with Gasteiger partial charge in [0, 0.05) is 0 Å². The third kappa shape index (κ3) is 2.49. The maximum atomic E-state index is 11.1. The van der Waals surface area contributed by atoms with Crippen LogP contribution in [0.4, 0.5) is 4.79 Å². The number of rotatable bonds is 2. The van der Waals surface area contributed by atoms with Crippen molar-refractivity contribution in [2.24, 2.45) is 10.2 Å². The molecule has 8 heteroatoms. The second-order valence-electron chi connectivity index (χ2n) is 3.87. The summed E-state index contributed by atoms with van der Waals surface area (Å²) >= 11 is 0. The average molecular weight is 268 g/mol. The van der Waals surface area contributed by atoms with Crippen LogP contribution in [0.2, 0.25) is 0 Å². The van der Waals surface area contributed by atoms with E-state index in [1.165, 1.54) is 12.1 Å². The molecule has 18 heavy (non-hydrogen) atoms. The quantitative estimate of drug-likeness (QED) is 0.686. The molecule has 0 spiro atoms. The molecular formula is C10H12N4O3S. The number of amides is 2. The van der Waals surface area contributed by atoms with Gasteiger partial charge in [-0.3, -0.25) is 0 Å². The first-order valence-corrected chi connectivity index (χ1v) is 6.70. The molecule has 7 nitrogen and oxygen atoms in total. The lowest BCUT2D eigenvalue weighted by Gasteiger charge is -2.21. The van der Waals surface area contributed by atoms with Gasteiger partial charge in [-0.25, -0.2) is 23.8 Å². The zero-order valence-electron chi connectivity index (χ0n) is 9.54. The molecule has 1 atom stereocenters. The second kappa shape index (κ2) is 4.39. The van der Waals surface area contributed by atoms with Gasteiger partial charge in [0.05, 0.1) is 16.6 Å². The lowest BCUT2D eigenvalue weighted by atomic mass is 10.0. The van der Waals surface area contributed by atoms with E-state index in [1.807, 2.05) is 0 Å². The Labute approximate surface area is 104 Å². The van der Waals surface area contributed by atoms with Crippen LogP contribution in [0.15, 0.2) is 34.3 Å². The van der Waals surface area contributed by atoms with E-state index in [9.17, 15) is 13.2 Å². The van der Waals surface area contributed by atoms with Gasteiger partial charge in [-0.1, -0.05) is 12.1 Å². The molecule has 1 aliphatic rings. The van der Waals surface area contributed by atoms with Crippen molar-refractivity contribution >= 4 is 21.8 Å². The summed E-state index contributed by atoms with van der Waals surface area (Å²) < 4.78 is 22.2. The number of primary sulfonamides is 1. The summed E-state index contributed by atoms with van der Waals surface area (Å²) in [5.74, 6) is 0. The lowest BCUT2D eigenvalue weighted by Crippen LogP contribution is -2.48. The van der Waals surface area contributed by atoms with E-state index < -0.39 is 10.0 Å². The third-order valence-corrected chi connectivity index (χ3v) is 3.44. The van der Waals surface area contributed by atoms with E-state index in [2.05, 4.69) is 15.8 Å². The number of urea groups is 1. The van der Waals surface area contributed by atoms with Gasteiger partial charge in [-0.15, -0.1) is 0 Å². The van der Waals surface area contributed by atoms with Crippen LogP contribution in [0.1, 0.15) is 12.5 Å². The minimum absolute atomic E-state index is 0.0345. The Kier molecular flexibility index (Phi) is 3.05. The molecule has 4 N–H and O–H groups in total. The summed E-state index contributed by atoms with van der Waals surface area (Å²) in [7, 11) is -3.70. The molecule has 1 heterocycles. The average Bonchev–Trinajstić information content (AvgIpc) is 2.28. The molecule has 0 bridgehead atoms. The maximum absolute atomic E-state index is 11.1. The van der Waals surface area contributed by atoms with Gasteiger partial charge in [-0.05, 0) is 24.6 Å². The van der Waals surface area contributed by atoms with Crippen molar-refractivity contribution in [2.45, 2.75) is 17.9 Å². The van der Waals surface area contributed by atoms with E-state index in [0.717, 1.165) is 0 Å². The van der Waals surface area contributed by atoms with Gasteiger partial charge < -0.3 is 5.32 Å². The Morgan fingerprint density at radius 3 is 2.39 bits per heavy atom. The van der Waals surface area contributed by atoms with Crippen LogP contribution >= 0.6 is 0 Å². The van der Waals surface area contributed by atoms with Crippen LogP contribution in [0.3, 0.4) is 0 Å². The molecule has 2 rings (SSSR count). The normalized spacial score (nSPS) is 19.8. The number of nitrogens with one attached hydrogen (secondary N) is 2. The predicted molar refractivity (Wildman–Crippen MR) is 65.5 cm³/mol. The number of hydrogen-bond donors (Lipinski definition) is 3. The smallest absolute Gasteiger partial charge is 0.328 e. The number of hydrazone groups is 1. The molecule has 1 aromatic carbocycles. The van der Waals surface area contributed by atoms with Gasteiger partial charge in [-0.2, -0.15) is 5.10 Å². The number of hydrogen-bond acceptors (Lipinski definition) is 4. The van der Waals surface area contributed by atoms with Gasteiger partial charge in [0.15, 0.2) is 0 Å². The molecule has 0 saturated heterocycles. The Hall–Kier alpha value is -1.93. The number of benzene rings is 1. The van der Waals surface area contributed by atoms with Gasteiger partial charge in [0.2, 0.25) is 10.0 Å². The zero-order valence-corrected chi connectivity index (χ0v) is 10.4. The number of nitrogens with zero attached hydrogens (tertiary/aromatic N) is 1. The number of carbonyl (C=O) groups excluding carboxylic acids is 1. The fraction of sp³-hybridized carbons (Fsp3) is 0.200. The highest BCUT2D eigenvalue weighted by Crippen LogP contribution is 2.12. The van der Waals surface area contributed by atoms with Crippen molar-refractivity contribution in [3.63, 3.8) is 0 Å². The molecule has 1 aromatic rings. The van der Waals surface area contributed by atoms with Crippen LogP contribution in [-0.4, -0.2) is 26.2 Å². The van der Waals surface area contributed by atoms with Crippen molar-refractivity contribution in [2.75, 3.05) is 0 Å². The van der Waals surface area contributed by atoms with E-state index in [0.29, 0.717) is 11.3 Å². The van der Waals surface area contributed by atoms with Crippen LogP contribution in [0.25, 0.3) is 0 Å². The Balaban J connectivity index is 2.33. The van der Waals surface area contributed by atoms with Gasteiger partial charge in [0.25, 0.3) is 0 Å². The third-order valence-electron chi connectivity index (χ3n) is 2.51. The van der Waals surface area contributed by atoms with Crippen LogP contribution in [-0.2, 0) is 10.0 Å². The first kappa shape index (κ1) is 12.5. The SMILES string of the molecule is CC1NC(=O)NN=C1c1ccc(S(N)(=O)=O)cc1. The number of sulfonamides is 1. The summed E-state index contributed by atoms with van der Waals surface area (Å²) in [5.41, 5.74) is 3.63. The van der Waals surface area contributed by atoms with E-state index in [4.69, 9.17) is 5.14 Å². The first-order valence-electron chi connectivity index (χ1n) is 5.15. The van der Waals surface area contributed by atoms with Gasteiger partial charge >= 0.3 is 6.03 Å². The van der Waals surface area contributed by atoms with Crippen molar-refractivity contribution in [1.29, 1.82) is 0 Å². The summed E-state index contributed by atoms with van der Waals surface area (Å²) in [6.07, 6.45) is 0. The Morgan fingerprint density at radius 2 is 1.89 bits per heavy atom. The van der Waals surface area contributed by atoms with Crippen molar-refractivity contribution < 1.29 is 13.2 Å². The molecule has 0 aromatic heterocycles. The van der Waals surface area contributed by atoms with E-state index in [1.54, 1.807) is 19.1 Å². The van der Waals surface area contributed by atoms with E-state index >= 15 is 0 Å². The molecule has 0 aliphatic carbocycles. The maximum Gasteiger partial charge on any atom is 0.335 e. The minimum atomic E-state index is -3.70. The van der Waals surface area contributed by atoms with E-state index in [-0.39, 0.29) is 17.0 Å². The summed E-state index contributed by atoms with van der Waals surface area (Å²) in [6.45, 7) is 1.78. The molecule has 0 fully saturated rings. The fourth-order valence-electron chi connectivity index (χ4n) is 1.64. The molecule has 0 saturated carbocycles. The minimum Gasteiger partial charge on any atom is -0.328 e. The summed E-state index contributed by atoms with van der Waals surface area (Å²) in [4.78, 5) is 11.0. The molecule has 0 radical (unpaired) electrons. The molecule has 1 aliphatic heterocycles. The second-order valence-corrected chi connectivity index (χ2v) is 5.43. The lowest BCUT2D eigenvalue weighted by molar-refractivity contribution is 0.239. The highest BCUT2D eigenvalue weighted by atomic mass is 32.2. The monoisotopic (exact) mass is 268 g/mol. The highest BCUT2D eigenvalue weighted by molar-refractivity contribution is 7.89. The zero-order chi connectivity index (χ0) is 13.3. The molecule has 1 unspecified atom stereocenters. The van der Waals surface area contributed by atoms with Crippen LogP contribution in [0, 0.1) is 0 Å². The Bertz CT molecular complexity index is 607. The molecule has 96 valence electrons. The molecule has 2 amide bonds. The first-order chi connectivity index (χ1) is 8.38. The topological polar surface area (TPSA) is 114 Å². The Morgan fingerprint density at radius 1 is 1.28 bits per heavy atom. The standard InChI is InChI=1S/C10H12N4O3S/c1-6-9(13-14-10(15)12-6)7-2-4-8(5-3-7)18(11,16)17/h2-6H,1H3,(H2,11,16,17)(H2,12,14,15). The summed E-state index contributed by atoms with van der Waals surface area (Å²) in [6, 6.07) is 5.36. The summed E-state index contributed by atoms with van der Waals surface area (Å²) in [5, 5.41) is 11.6. The van der Waals surface area contributed by atoms with Crippen LogP contribution < -0.4 is 15.9 Å².